The Labute approximate surface area is 122 Å². The van der Waals surface area contributed by atoms with Gasteiger partial charge in [-0.3, -0.25) is 0 Å². The Morgan fingerprint density at radius 1 is 1.33 bits per heavy atom. The highest BCUT2D eigenvalue weighted by molar-refractivity contribution is 14.1. The normalized spacial score (nSPS) is 26.7. The molecule has 0 saturated heterocycles. The fourth-order valence-electron chi connectivity index (χ4n) is 2.14. The van der Waals surface area contributed by atoms with Crippen molar-refractivity contribution in [3.8, 4) is 5.75 Å². The van der Waals surface area contributed by atoms with Crippen LogP contribution in [0.1, 0.15) is 19.8 Å². The van der Waals surface area contributed by atoms with Crippen molar-refractivity contribution >= 4 is 22.6 Å². The zero-order valence-electron chi connectivity index (χ0n) is 10.9. The van der Waals surface area contributed by atoms with Crippen LogP contribution in [0, 0.1) is 3.57 Å². The maximum absolute atomic E-state index is 5.98. The van der Waals surface area contributed by atoms with Crippen LogP contribution in [-0.2, 0) is 4.74 Å². The quantitative estimate of drug-likeness (QED) is 0.791. The maximum atomic E-state index is 5.98. The summed E-state index contributed by atoms with van der Waals surface area (Å²) in [6, 6.07) is 8.58. The third-order valence-corrected chi connectivity index (χ3v) is 3.95. The molecular formula is C14H20INO2. The van der Waals surface area contributed by atoms with E-state index in [1.807, 2.05) is 19.2 Å². The summed E-state index contributed by atoms with van der Waals surface area (Å²) >= 11 is 2.29. The molecule has 1 aromatic carbocycles. The van der Waals surface area contributed by atoms with Crippen LogP contribution in [0.15, 0.2) is 24.3 Å². The fourth-order valence-corrected chi connectivity index (χ4v) is 2.50. The van der Waals surface area contributed by atoms with E-state index in [9.17, 15) is 0 Å². The molecule has 0 heterocycles. The number of hydrogen-bond acceptors (Lipinski definition) is 3. The minimum absolute atomic E-state index is 0.175. The molecule has 1 fully saturated rings. The van der Waals surface area contributed by atoms with E-state index in [0.717, 1.165) is 25.2 Å². The zero-order chi connectivity index (χ0) is 13.0. The summed E-state index contributed by atoms with van der Waals surface area (Å²) in [6.45, 7) is 2.93. The summed E-state index contributed by atoms with van der Waals surface area (Å²) < 4.78 is 13.1. The third kappa shape index (κ3) is 3.36. The number of rotatable bonds is 6. The van der Waals surface area contributed by atoms with E-state index in [2.05, 4.69) is 47.0 Å². The molecule has 0 spiro atoms. The summed E-state index contributed by atoms with van der Waals surface area (Å²) in [5.41, 5.74) is 0. The molecule has 1 aliphatic rings. The van der Waals surface area contributed by atoms with Crippen molar-refractivity contribution in [3.63, 3.8) is 0 Å². The molecule has 0 radical (unpaired) electrons. The summed E-state index contributed by atoms with van der Waals surface area (Å²) in [5.74, 6) is 0.931. The largest absolute Gasteiger partial charge is 0.488 e. The molecule has 18 heavy (non-hydrogen) atoms. The second-order valence-electron chi connectivity index (χ2n) is 4.58. The summed E-state index contributed by atoms with van der Waals surface area (Å²) in [5, 5.41) is 3.28. The average molecular weight is 361 g/mol. The lowest BCUT2D eigenvalue weighted by Gasteiger charge is -2.43. The number of benzene rings is 1. The zero-order valence-corrected chi connectivity index (χ0v) is 13.0. The van der Waals surface area contributed by atoms with Crippen molar-refractivity contribution in [2.45, 2.75) is 38.0 Å². The van der Waals surface area contributed by atoms with Gasteiger partial charge in [-0.2, -0.15) is 0 Å². The molecule has 0 aromatic heterocycles. The third-order valence-electron chi connectivity index (χ3n) is 3.24. The van der Waals surface area contributed by atoms with Crippen molar-refractivity contribution in [2.24, 2.45) is 0 Å². The molecule has 3 atom stereocenters. The summed E-state index contributed by atoms with van der Waals surface area (Å²) in [7, 11) is 1.98. The van der Waals surface area contributed by atoms with Gasteiger partial charge in [-0.15, -0.1) is 0 Å². The van der Waals surface area contributed by atoms with Gasteiger partial charge in [-0.25, -0.2) is 0 Å². The molecular weight excluding hydrogens is 341 g/mol. The smallest absolute Gasteiger partial charge is 0.128 e. The van der Waals surface area contributed by atoms with E-state index in [1.165, 1.54) is 3.57 Å². The molecule has 0 bridgehead atoms. The first-order chi connectivity index (χ1) is 8.74. The van der Waals surface area contributed by atoms with Gasteiger partial charge in [0.05, 0.1) is 0 Å². The Morgan fingerprint density at radius 2 is 2.06 bits per heavy atom. The van der Waals surface area contributed by atoms with Gasteiger partial charge >= 0.3 is 0 Å². The molecule has 3 nitrogen and oxygen atoms in total. The highest BCUT2D eigenvalue weighted by atomic mass is 127. The Hall–Kier alpha value is -0.330. The first-order valence-corrected chi connectivity index (χ1v) is 7.53. The lowest BCUT2D eigenvalue weighted by atomic mass is 9.85. The first-order valence-electron chi connectivity index (χ1n) is 6.45. The predicted octanol–water partition coefficient (Wildman–Crippen LogP) is 2.83. The van der Waals surface area contributed by atoms with Crippen molar-refractivity contribution in [2.75, 3.05) is 13.7 Å². The van der Waals surface area contributed by atoms with Crippen LogP contribution in [0.4, 0.5) is 0 Å². The van der Waals surface area contributed by atoms with Gasteiger partial charge in [0.2, 0.25) is 0 Å². The molecule has 1 aliphatic carbocycles. The molecule has 100 valence electrons. The number of hydrogen-bond donors (Lipinski definition) is 1. The second-order valence-corrected chi connectivity index (χ2v) is 5.82. The maximum Gasteiger partial charge on any atom is 0.128 e. The number of halogens is 1. The van der Waals surface area contributed by atoms with Crippen molar-refractivity contribution in [1.29, 1.82) is 0 Å². The Bertz CT molecular complexity index is 369. The Kier molecular flexibility index (Phi) is 5.26. The van der Waals surface area contributed by atoms with Crippen LogP contribution in [0.5, 0.6) is 5.75 Å². The lowest BCUT2D eigenvalue weighted by Crippen LogP contribution is -2.60. The minimum Gasteiger partial charge on any atom is -0.488 e. The van der Waals surface area contributed by atoms with Gasteiger partial charge in [-0.1, -0.05) is 6.92 Å². The van der Waals surface area contributed by atoms with E-state index in [-0.39, 0.29) is 12.2 Å². The van der Waals surface area contributed by atoms with Crippen LogP contribution >= 0.6 is 22.6 Å². The predicted molar refractivity (Wildman–Crippen MR) is 81.1 cm³/mol. The Balaban J connectivity index is 1.90. The number of ether oxygens (including phenoxy) is 2. The molecule has 1 N–H and O–H groups in total. The van der Waals surface area contributed by atoms with Crippen molar-refractivity contribution < 1.29 is 9.47 Å². The van der Waals surface area contributed by atoms with E-state index in [4.69, 9.17) is 9.47 Å². The molecule has 4 heteroatoms. The van der Waals surface area contributed by atoms with Gasteiger partial charge in [-0.05, 0) is 60.3 Å². The fraction of sp³-hybridized carbons (Fsp3) is 0.571. The highest BCUT2D eigenvalue weighted by Crippen LogP contribution is 2.29. The molecule has 2 rings (SSSR count). The van der Waals surface area contributed by atoms with Crippen LogP contribution in [0.2, 0.25) is 0 Å². The SMILES string of the molecule is CCCOC1C(NC)CC1Oc1ccc(I)cc1. The molecule has 0 amide bonds. The molecule has 1 aromatic rings. The number of likely N-dealkylation sites (N-methyl/N-ethyl adjacent to an activating group) is 1. The van der Waals surface area contributed by atoms with Gasteiger partial charge in [0, 0.05) is 22.6 Å². The number of nitrogens with one attached hydrogen (secondary N) is 1. The summed E-state index contributed by atoms with van der Waals surface area (Å²) in [4.78, 5) is 0. The van der Waals surface area contributed by atoms with Gasteiger partial charge in [0.15, 0.2) is 0 Å². The Morgan fingerprint density at radius 3 is 2.67 bits per heavy atom. The summed E-state index contributed by atoms with van der Waals surface area (Å²) in [6.07, 6.45) is 2.41. The van der Waals surface area contributed by atoms with Crippen molar-refractivity contribution in [1.82, 2.24) is 5.32 Å². The van der Waals surface area contributed by atoms with Crippen LogP contribution in [-0.4, -0.2) is 31.9 Å². The highest BCUT2D eigenvalue weighted by Gasteiger charge is 2.42. The van der Waals surface area contributed by atoms with E-state index < -0.39 is 0 Å². The molecule has 3 unspecified atom stereocenters. The van der Waals surface area contributed by atoms with Crippen LogP contribution in [0.25, 0.3) is 0 Å². The van der Waals surface area contributed by atoms with Crippen LogP contribution < -0.4 is 10.1 Å². The average Bonchev–Trinajstić information content (AvgIpc) is 2.36. The standard InChI is InChI=1S/C14H20INO2/c1-3-8-17-14-12(16-2)9-13(14)18-11-6-4-10(15)5-7-11/h4-7,12-14,16H,3,8-9H2,1-2H3. The van der Waals surface area contributed by atoms with Gasteiger partial charge in [0.1, 0.15) is 18.0 Å². The topological polar surface area (TPSA) is 30.5 Å². The first kappa shape index (κ1) is 14.1. The lowest BCUT2D eigenvalue weighted by molar-refractivity contribution is -0.106. The van der Waals surface area contributed by atoms with Gasteiger partial charge in [0.25, 0.3) is 0 Å². The minimum atomic E-state index is 0.175. The van der Waals surface area contributed by atoms with E-state index in [0.29, 0.717) is 6.04 Å². The van der Waals surface area contributed by atoms with E-state index in [1.54, 1.807) is 0 Å². The van der Waals surface area contributed by atoms with Crippen molar-refractivity contribution in [3.05, 3.63) is 27.8 Å². The second kappa shape index (κ2) is 6.73. The van der Waals surface area contributed by atoms with Gasteiger partial charge < -0.3 is 14.8 Å². The molecule has 1 saturated carbocycles. The van der Waals surface area contributed by atoms with E-state index >= 15 is 0 Å². The molecule has 0 aliphatic heterocycles. The monoisotopic (exact) mass is 361 g/mol. The van der Waals surface area contributed by atoms with Crippen LogP contribution in [0.3, 0.4) is 0 Å².